The minimum atomic E-state index is -4.85. The van der Waals surface area contributed by atoms with Crippen molar-refractivity contribution < 1.29 is 22.7 Å². The van der Waals surface area contributed by atoms with Gasteiger partial charge < -0.3 is 9.30 Å². The molecule has 0 radical (unpaired) electrons. The molecule has 3 nitrogen and oxygen atoms in total. The Morgan fingerprint density at radius 1 is 1.25 bits per heavy atom. The maximum Gasteiger partial charge on any atom is 0.454 e. The lowest BCUT2D eigenvalue weighted by molar-refractivity contribution is -0.0885. The number of ether oxygens (including phenoxy) is 1. The molecule has 6 heteroatoms. The smallest absolute Gasteiger partial charge is 0.454 e. The number of hydrogen-bond acceptors (Lipinski definition) is 2. The first-order chi connectivity index (χ1) is 9.41. The fourth-order valence-electron chi connectivity index (χ4n) is 1.87. The van der Waals surface area contributed by atoms with E-state index in [4.69, 9.17) is 4.74 Å². The highest BCUT2D eigenvalue weighted by molar-refractivity contribution is 6.00. The number of nitrogens with zero attached hydrogens (tertiary/aromatic N) is 1. The Kier molecular flexibility index (Phi) is 3.83. The van der Waals surface area contributed by atoms with Gasteiger partial charge >= 0.3 is 6.18 Å². The van der Waals surface area contributed by atoms with Crippen LogP contribution in [0.2, 0.25) is 0 Å². The van der Waals surface area contributed by atoms with E-state index in [-0.39, 0.29) is 5.56 Å². The summed E-state index contributed by atoms with van der Waals surface area (Å²) >= 11 is 0. The maximum absolute atomic E-state index is 12.3. The fraction of sp³-hybridized carbons (Fsp3) is 0.214. The Labute approximate surface area is 113 Å². The number of halogens is 3. The molecule has 0 unspecified atom stereocenters. The lowest BCUT2D eigenvalue weighted by Gasteiger charge is -2.08. The molecule has 106 valence electrons. The molecule has 0 aliphatic heterocycles. The number of Topliss-reactive ketones (excluding diaryl/α,β-unsaturated/α-hetero) is 1. The Bertz CT molecular complexity index is 617. The average molecular weight is 283 g/mol. The Morgan fingerprint density at radius 3 is 2.60 bits per heavy atom. The van der Waals surface area contributed by atoms with Crippen LogP contribution >= 0.6 is 0 Å². The summed E-state index contributed by atoms with van der Waals surface area (Å²) < 4.78 is 43.6. The number of ketones is 1. The van der Waals surface area contributed by atoms with Gasteiger partial charge in [-0.15, -0.1) is 0 Å². The molecule has 0 aliphatic carbocycles. The summed E-state index contributed by atoms with van der Waals surface area (Å²) in [6.07, 6.45) is -2.23. The normalized spacial score (nSPS) is 11.4. The largest absolute Gasteiger partial charge is 0.496 e. The third-order valence-corrected chi connectivity index (χ3v) is 2.82. The summed E-state index contributed by atoms with van der Waals surface area (Å²) in [7, 11) is 1.52. The second-order valence-corrected chi connectivity index (χ2v) is 4.21. The van der Waals surface area contributed by atoms with Crippen LogP contribution in [0.4, 0.5) is 13.2 Å². The van der Waals surface area contributed by atoms with Crippen LogP contribution in [0.3, 0.4) is 0 Å². The molecule has 1 aromatic heterocycles. The van der Waals surface area contributed by atoms with Crippen molar-refractivity contribution in [3.8, 4) is 5.75 Å². The first-order valence-electron chi connectivity index (χ1n) is 5.81. The molecule has 1 heterocycles. The van der Waals surface area contributed by atoms with E-state index in [1.165, 1.54) is 24.1 Å². The number of para-hydroxylation sites is 1. The average Bonchev–Trinajstić information content (AvgIpc) is 2.86. The molecule has 0 bridgehead atoms. The monoisotopic (exact) mass is 283 g/mol. The molecule has 2 aromatic rings. The van der Waals surface area contributed by atoms with E-state index in [1.807, 2.05) is 12.1 Å². The molecule has 0 spiro atoms. The van der Waals surface area contributed by atoms with Gasteiger partial charge in [-0.2, -0.15) is 13.2 Å². The van der Waals surface area contributed by atoms with Crippen molar-refractivity contribution in [3.63, 3.8) is 0 Å². The first-order valence-corrected chi connectivity index (χ1v) is 5.81. The fourth-order valence-corrected chi connectivity index (χ4v) is 1.87. The summed E-state index contributed by atoms with van der Waals surface area (Å²) in [6.45, 7) is 0.329. The van der Waals surface area contributed by atoms with Crippen LogP contribution in [-0.4, -0.2) is 23.6 Å². The van der Waals surface area contributed by atoms with E-state index in [2.05, 4.69) is 0 Å². The molecule has 0 aliphatic rings. The molecule has 0 saturated heterocycles. The highest BCUT2D eigenvalue weighted by Gasteiger charge is 2.39. The standard InChI is InChI=1S/C14H12F3NO2/c1-20-12-5-3-2-4-10(12)8-18-7-6-11(9-18)13(19)14(15,16)17/h2-7,9H,8H2,1H3. The molecule has 0 saturated carbocycles. The minimum absolute atomic E-state index is 0.329. The highest BCUT2D eigenvalue weighted by Crippen LogP contribution is 2.23. The van der Waals surface area contributed by atoms with E-state index in [0.717, 1.165) is 11.6 Å². The van der Waals surface area contributed by atoms with Crippen LogP contribution in [0.1, 0.15) is 15.9 Å². The predicted octanol–water partition coefficient (Wildman–Crippen LogP) is 3.29. The number of benzene rings is 1. The Balaban J connectivity index is 2.20. The number of carbonyl (C=O) groups is 1. The van der Waals surface area contributed by atoms with Crippen molar-refractivity contribution in [2.75, 3.05) is 7.11 Å². The molecular formula is C14H12F3NO2. The van der Waals surface area contributed by atoms with Gasteiger partial charge in [-0.1, -0.05) is 18.2 Å². The summed E-state index contributed by atoms with van der Waals surface area (Å²) in [6, 6.07) is 8.34. The van der Waals surface area contributed by atoms with Crippen LogP contribution < -0.4 is 4.74 Å². The van der Waals surface area contributed by atoms with Gasteiger partial charge in [0.2, 0.25) is 0 Å². The second-order valence-electron chi connectivity index (χ2n) is 4.21. The van der Waals surface area contributed by atoms with Crippen molar-refractivity contribution in [1.29, 1.82) is 0 Å². The third-order valence-electron chi connectivity index (χ3n) is 2.82. The van der Waals surface area contributed by atoms with Crippen molar-refractivity contribution in [1.82, 2.24) is 4.57 Å². The van der Waals surface area contributed by atoms with E-state index in [1.54, 1.807) is 12.1 Å². The SMILES string of the molecule is COc1ccccc1Cn1ccc(C(=O)C(F)(F)F)c1. The lowest BCUT2D eigenvalue weighted by Crippen LogP contribution is -2.22. The van der Waals surface area contributed by atoms with Gasteiger partial charge in [0.15, 0.2) is 0 Å². The molecule has 0 amide bonds. The van der Waals surface area contributed by atoms with Gasteiger partial charge in [-0.05, 0) is 12.1 Å². The first kappa shape index (κ1) is 14.2. The Morgan fingerprint density at radius 2 is 1.95 bits per heavy atom. The van der Waals surface area contributed by atoms with Gasteiger partial charge in [-0.3, -0.25) is 4.79 Å². The molecule has 0 fully saturated rings. The summed E-state index contributed by atoms with van der Waals surface area (Å²) in [5.74, 6) is -1.19. The molecule has 2 rings (SSSR count). The van der Waals surface area contributed by atoms with Crippen LogP contribution in [0.25, 0.3) is 0 Å². The quantitative estimate of drug-likeness (QED) is 0.806. The molecule has 0 N–H and O–H groups in total. The maximum atomic E-state index is 12.3. The van der Waals surface area contributed by atoms with E-state index >= 15 is 0 Å². The van der Waals surface area contributed by atoms with Gasteiger partial charge in [-0.25, -0.2) is 0 Å². The van der Waals surface area contributed by atoms with E-state index in [0.29, 0.717) is 12.3 Å². The number of hydrogen-bond donors (Lipinski definition) is 0. The van der Waals surface area contributed by atoms with Gasteiger partial charge in [0.1, 0.15) is 5.75 Å². The minimum Gasteiger partial charge on any atom is -0.496 e. The number of aromatic nitrogens is 1. The second kappa shape index (κ2) is 5.40. The highest BCUT2D eigenvalue weighted by atomic mass is 19.4. The molecule has 0 atom stereocenters. The number of rotatable bonds is 4. The molecule has 20 heavy (non-hydrogen) atoms. The predicted molar refractivity (Wildman–Crippen MR) is 66.9 cm³/mol. The zero-order valence-corrected chi connectivity index (χ0v) is 10.6. The van der Waals surface area contributed by atoms with Crippen molar-refractivity contribution in [2.45, 2.75) is 12.7 Å². The number of alkyl halides is 3. The van der Waals surface area contributed by atoms with Crippen LogP contribution in [0, 0.1) is 0 Å². The van der Waals surface area contributed by atoms with E-state index < -0.39 is 12.0 Å². The summed E-state index contributed by atoms with van der Waals surface area (Å²) in [4.78, 5) is 11.1. The third kappa shape index (κ3) is 3.01. The van der Waals surface area contributed by atoms with Gasteiger partial charge in [0.25, 0.3) is 5.78 Å². The zero-order chi connectivity index (χ0) is 14.8. The van der Waals surface area contributed by atoms with Crippen molar-refractivity contribution >= 4 is 5.78 Å². The zero-order valence-electron chi connectivity index (χ0n) is 10.6. The van der Waals surface area contributed by atoms with Gasteiger partial charge in [0.05, 0.1) is 13.7 Å². The number of carbonyl (C=O) groups excluding carboxylic acids is 1. The lowest BCUT2D eigenvalue weighted by atomic mass is 10.2. The Hall–Kier alpha value is -2.24. The van der Waals surface area contributed by atoms with Crippen LogP contribution in [-0.2, 0) is 6.54 Å². The van der Waals surface area contributed by atoms with Crippen LogP contribution in [0.5, 0.6) is 5.75 Å². The molecule has 1 aromatic carbocycles. The topological polar surface area (TPSA) is 31.2 Å². The number of methoxy groups -OCH3 is 1. The van der Waals surface area contributed by atoms with E-state index in [9.17, 15) is 18.0 Å². The molecular weight excluding hydrogens is 271 g/mol. The summed E-state index contributed by atoms with van der Waals surface area (Å²) in [5, 5.41) is 0. The van der Waals surface area contributed by atoms with Crippen molar-refractivity contribution in [2.24, 2.45) is 0 Å². The van der Waals surface area contributed by atoms with Crippen LogP contribution in [0.15, 0.2) is 42.7 Å². The van der Waals surface area contributed by atoms with Crippen molar-refractivity contribution in [3.05, 3.63) is 53.9 Å². The summed E-state index contributed by atoms with van der Waals surface area (Å²) in [5.41, 5.74) is 0.448. The van der Waals surface area contributed by atoms with Gasteiger partial charge in [0, 0.05) is 23.5 Å².